The lowest BCUT2D eigenvalue weighted by Crippen LogP contribution is -2.43. The fourth-order valence-corrected chi connectivity index (χ4v) is 4.44. The minimum absolute atomic E-state index is 0.284. The van der Waals surface area contributed by atoms with Crippen LogP contribution in [-0.4, -0.2) is 44.2 Å². The lowest BCUT2D eigenvalue weighted by molar-refractivity contribution is 0.0252. The van der Waals surface area contributed by atoms with Gasteiger partial charge in [0.2, 0.25) is 0 Å². The zero-order chi connectivity index (χ0) is 24.0. The van der Waals surface area contributed by atoms with Crippen molar-refractivity contribution in [1.82, 2.24) is 14.5 Å². The number of carbonyl (C=O) groups is 1. The first-order chi connectivity index (χ1) is 16.4. The van der Waals surface area contributed by atoms with Crippen LogP contribution in [0.4, 0.5) is 4.79 Å². The molecule has 0 spiro atoms. The minimum atomic E-state index is -0.578. The summed E-state index contributed by atoms with van der Waals surface area (Å²) in [5.74, 6) is 0.885. The fourth-order valence-electron chi connectivity index (χ4n) is 3.56. The van der Waals surface area contributed by atoms with Crippen LogP contribution >= 0.6 is 11.8 Å². The first kappa shape index (κ1) is 23.9. The van der Waals surface area contributed by atoms with Gasteiger partial charge in [0.1, 0.15) is 23.6 Å². The summed E-state index contributed by atoms with van der Waals surface area (Å²) in [5, 5.41) is 4.38. The molecule has 2 aromatic carbocycles. The molecule has 34 heavy (non-hydrogen) atoms. The lowest BCUT2D eigenvalue weighted by atomic mass is 10.1. The molecule has 0 bridgehead atoms. The molecule has 0 aliphatic carbocycles. The maximum Gasteiger partial charge on any atom is 0.411 e. The predicted molar refractivity (Wildman–Crippen MR) is 134 cm³/mol. The summed E-state index contributed by atoms with van der Waals surface area (Å²) < 4.78 is 7.72. The van der Waals surface area contributed by atoms with E-state index in [4.69, 9.17) is 9.57 Å². The molecule has 7 nitrogen and oxygen atoms in total. The van der Waals surface area contributed by atoms with Crippen molar-refractivity contribution in [3.63, 3.8) is 0 Å². The van der Waals surface area contributed by atoms with Crippen LogP contribution in [0.2, 0.25) is 0 Å². The Kier molecular flexibility index (Phi) is 7.57. The maximum atomic E-state index is 12.9. The van der Waals surface area contributed by atoms with Gasteiger partial charge in [0.05, 0.1) is 25.1 Å². The lowest BCUT2D eigenvalue weighted by Gasteiger charge is -2.30. The van der Waals surface area contributed by atoms with Crippen LogP contribution in [0, 0.1) is 0 Å². The van der Waals surface area contributed by atoms with Gasteiger partial charge in [0, 0.05) is 17.2 Å². The number of rotatable bonds is 7. The molecule has 0 saturated heterocycles. The Morgan fingerprint density at radius 3 is 2.47 bits per heavy atom. The fraction of sp³-hybridized carbons (Fsp3) is 0.346. The van der Waals surface area contributed by atoms with Crippen molar-refractivity contribution in [2.24, 2.45) is 5.16 Å². The summed E-state index contributed by atoms with van der Waals surface area (Å²) in [4.78, 5) is 26.0. The predicted octanol–water partition coefficient (Wildman–Crippen LogP) is 5.35. The summed E-state index contributed by atoms with van der Waals surface area (Å²) >= 11 is 1.79. The van der Waals surface area contributed by atoms with E-state index in [1.54, 1.807) is 16.7 Å². The van der Waals surface area contributed by atoms with E-state index in [0.717, 1.165) is 29.2 Å². The van der Waals surface area contributed by atoms with E-state index in [-0.39, 0.29) is 12.6 Å². The van der Waals surface area contributed by atoms with E-state index < -0.39 is 5.60 Å². The Morgan fingerprint density at radius 1 is 1.06 bits per heavy atom. The molecular weight excluding hydrogens is 448 g/mol. The van der Waals surface area contributed by atoms with Crippen molar-refractivity contribution in [3.8, 4) is 0 Å². The molecule has 0 radical (unpaired) electrons. The van der Waals surface area contributed by atoms with Crippen molar-refractivity contribution < 1.29 is 14.4 Å². The number of amides is 1. The number of aromatic nitrogens is 2. The molecule has 178 valence electrons. The third-order valence-electron chi connectivity index (χ3n) is 5.15. The summed E-state index contributed by atoms with van der Waals surface area (Å²) in [6, 6.07) is 20.2. The molecule has 8 heteroatoms. The molecular formula is C26H30N4O3S. The molecule has 1 amide bonds. The van der Waals surface area contributed by atoms with Crippen LogP contribution in [0.15, 0.2) is 77.0 Å². The van der Waals surface area contributed by atoms with Crippen molar-refractivity contribution in [1.29, 1.82) is 0 Å². The number of hydrogen-bond acceptors (Lipinski definition) is 6. The molecule has 0 atom stereocenters. The Morgan fingerprint density at radius 2 is 1.76 bits per heavy atom. The average molecular weight is 479 g/mol. The van der Waals surface area contributed by atoms with E-state index in [9.17, 15) is 4.79 Å². The molecule has 1 aliphatic rings. The molecule has 0 saturated carbocycles. The number of ether oxygens (including phenoxy) is 1. The van der Waals surface area contributed by atoms with E-state index in [1.165, 1.54) is 4.90 Å². The van der Waals surface area contributed by atoms with Gasteiger partial charge in [-0.1, -0.05) is 53.7 Å². The molecule has 1 aliphatic heterocycles. The second-order valence-corrected chi connectivity index (χ2v) is 10.2. The topological polar surface area (TPSA) is 68.9 Å². The number of fused-ring (bicyclic) bond motifs is 1. The van der Waals surface area contributed by atoms with Gasteiger partial charge in [-0.15, -0.1) is 11.8 Å². The molecule has 1 aromatic heterocycles. The van der Waals surface area contributed by atoms with Crippen LogP contribution < -0.4 is 0 Å². The number of aryl methyl sites for hydroxylation is 1. The van der Waals surface area contributed by atoms with Gasteiger partial charge in [-0.25, -0.2) is 9.78 Å². The Hall–Kier alpha value is -3.26. The monoisotopic (exact) mass is 478 g/mol. The van der Waals surface area contributed by atoms with Gasteiger partial charge in [-0.2, -0.15) is 0 Å². The summed E-state index contributed by atoms with van der Waals surface area (Å²) in [6.07, 6.45) is 1.45. The third kappa shape index (κ3) is 6.41. The SMILES string of the molecule is CC(C)(C)OC(=O)N1C/C(=N/OCc2ccccc2)c2ncn(CCSc3ccccc3)c2C1. The molecule has 0 N–H and O–H groups in total. The second kappa shape index (κ2) is 10.8. The van der Waals surface area contributed by atoms with Crippen LogP contribution in [0.3, 0.4) is 0 Å². The number of imidazole rings is 1. The zero-order valence-corrected chi connectivity index (χ0v) is 20.6. The third-order valence-corrected chi connectivity index (χ3v) is 6.14. The van der Waals surface area contributed by atoms with Crippen molar-refractivity contribution >= 4 is 23.6 Å². The van der Waals surface area contributed by atoms with Crippen molar-refractivity contribution in [3.05, 3.63) is 83.9 Å². The Balaban J connectivity index is 1.51. The first-order valence-corrected chi connectivity index (χ1v) is 12.3. The van der Waals surface area contributed by atoms with Crippen molar-refractivity contribution in [2.45, 2.75) is 51.0 Å². The number of carbonyl (C=O) groups excluding carboxylic acids is 1. The van der Waals surface area contributed by atoms with Gasteiger partial charge in [-0.05, 0) is 38.5 Å². The van der Waals surface area contributed by atoms with Gasteiger partial charge in [0.15, 0.2) is 0 Å². The van der Waals surface area contributed by atoms with Gasteiger partial charge < -0.3 is 14.1 Å². The first-order valence-electron chi connectivity index (χ1n) is 11.3. The summed E-state index contributed by atoms with van der Waals surface area (Å²) in [6.45, 7) is 7.41. The van der Waals surface area contributed by atoms with E-state index >= 15 is 0 Å². The summed E-state index contributed by atoms with van der Waals surface area (Å²) in [5.41, 5.74) is 2.78. The average Bonchev–Trinajstić information content (AvgIpc) is 3.22. The Bertz CT molecular complexity index is 1120. The molecule has 4 rings (SSSR count). The molecule has 0 unspecified atom stereocenters. The number of benzene rings is 2. The summed E-state index contributed by atoms with van der Waals surface area (Å²) in [7, 11) is 0. The number of nitrogens with zero attached hydrogens (tertiary/aromatic N) is 4. The number of thioether (sulfide) groups is 1. The van der Waals surface area contributed by atoms with Gasteiger partial charge >= 0.3 is 6.09 Å². The number of oxime groups is 1. The smallest absolute Gasteiger partial charge is 0.411 e. The highest BCUT2D eigenvalue weighted by Gasteiger charge is 2.32. The van der Waals surface area contributed by atoms with Crippen LogP contribution in [0.25, 0.3) is 0 Å². The molecule has 0 fully saturated rings. The van der Waals surface area contributed by atoms with Crippen LogP contribution in [-0.2, 0) is 29.3 Å². The molecule has 3 aromatic rings. The quantitative estimate of drug-likeness (QED) is 0.338. The highest BCUT2D eigenvalue weighted by Crippen LogP contribution is 2.23. The van der Waals surface area contributed by atoms with E-state index in [1.807, 2.05) is 75.6 Å². The van der Waals surface area contributed by atoms with Gasteiger partial charge in [0.25, 0.3) is 0 Å². The zero-order valence-electron chi connectivity index (χ0n) is 19.8. The van der Waals surface area contributed by atoms with Gasteiger partial charge in [-0.3, -0.25) is 4.90 Å². The maximum absolute atomic E-state index is 12.9. The van der Waals surface area contributed by atoms with E-state index in [0.29, 0.717) is 18.9 Å². The second-order valence-electron chi connectivity index (χ2n) is 9.03. The van der Waals surface area contributed by atoms with E-state index in [2.05, 4.69) is 26.8 Å². The van der Waals surface area contributed by atoms with Crippen LogP contribution in [0.1, 0.15) is 37.7 Å². The highest BCUT2D eigenvalue weighted by atomic mass is 32.2. The molecule has 2 heterocycles. The minimum Gasteiger partial charge on any atom is -0.444 e. The normalized spacial score (nSPS) is 14.7. The standard InChI is InChI=1S/C26H30N4O3S/c1-26(2,3)33-25(31)30-16-22(28-32-18-20-10-6-4-7-11-20)24-23(17-30)29(19-27-24)14-15-34-21-12-8-5-9-13-21/h4-13,19H,14-18H2,1-3H3/b28-22-. The Labute approximate surface area is 204 Å². The highest BCUT2D eigenvalue weighted by molar-refractivity contribution is 7.99. The number of hydrogen-bond donors (Lipinski definition) is 0. The van der Waals surface area contributed by atoms with Crippen LogP contribution in [0.5, 0.6) is 0 Å². The largest absolute Gasteiger partial charge is 0.444 e. The van der Waals surface area contributed by atoms with Crippen molar-refractivity contribution in [2.75, 3.05) is 12.3 Å².